The van der Waals surface area contributed by atoms with Gasteiger partial charge in [0.15, 0.2) is 11.5 Å². The Morgan fingerprint density at radius 1 is 1.02 bits per heavy atom. The van der Waals surface area contributed by atoms with Crippen LogP contribution in [-0.2, 0) is 4.74 Å². The summed E-state index contributed by atoms with van der Waals surface area (Å²) in [5.41, 5.74) is 2.50. The van der Waals surface area contributed by atoms with Crippen molar-refractivity contribution in [2.75, 3.05) is 45.8 Å². The van der Waals surface area contributed by atoms with Crippen LogP contribution in [0, 0.1) is 0 Å². The third kappa shape index (κ3) is 6.24. The van der Waals surface area contributed by atoms with Crippen LogP contribution < -0.4 is 25.4 Å². The number of piperidine rings is 1. The quantitative estimate of drug-likeness (QED) is 0.261. The molecule has 4 aromatic rings. The predicted molar refractivity (Wildman–Crippen MR) is 153 cm³/mol. The van der Waals surface area contributed by atoms with Crippen molar-refractivity contribution in [2.24, 2.45) is 0 Å². The molecule has 40 heavy (non-hydrogen) atoms. The predicted octanol–water partition coefficient (Wildman–Crippen LogP) is 4.76. The molecule has 208 valence electrons. The van der Waals surface area contributed by atoms with Crippen molar-refractivity contribution >= 4 is 28.7 Å². The monoisotopic (exact) mass is 543 g/mol. The van der Waals surface area contributed by atoms with Crippen molar-refractivity contribution in [2.45, 2.75) is 18.8 Å². The summed E-state index contributed by atoms with van der Waals surface area (Å²) in [7, 11) is 3.17. The Morgan fingerprint density at radius 2 is 1.82 bits per heavy atom. The molecular weight excluding hydrogens is 510 g/mol. The minimum Gasteiger partial charge on any atom is -0.487 e. The van der Waals surface area contributed by atoms with Gasteiger partial charge in [0, 0.05) is 49.6 Å². The van der Waals surface area contributed by atoms with E-state index in [2.05, 4.69) is 20.9 Å². The van der Waals surface area contributed by atoms with Crippen LogP contribution in [0.5, 0.6) is 17.2 Å². The minimum atomic E-state index is -0.262. The number of methoxy groups -OCH3 is 1. The van der Waals surface area contributed by atoms with E-state index in [4.69, 9.17) is 14.2 Å². The summed E-state index contributed by atoms with van der Waals surface area (Å²) in [6.07, 6.45) is 5.46. The summed E-state index contributed by atoms with van der Waals surface area (Å²) < 4.78 is 18.7. The molecule has 0 spiro atoms. The molecule has 3 N–H and O–H groups in total. The van der Waals surface area contributed by atoms with Crippen LogP contribution in [0.25, 0.3) is 10.9 Å². The fourth-order valence-corrected chi connectivity index (χ4v) is 4.79. The molecule has 0 radical (unpaired) electrons. The normalized spacial score (nSPS) is 13.7. The van der Waals surface area contributed by atoms with E-state index < -0.39 is 0 Å². The Balaban J connectivity index is 1.32. The second-order valence-electron chi connectivity index (χ2n) is 9.52. The van der Waals surface area contributed by atoms with Crippen molar-refractivity contribution in [1.82, 2.24) is 20.2 Å². The van der Waals surface area contributed by atoms with E-state index in [0.29, 0.717) is 53.3 Å². The van der Waals surface area contributed by atoms with Gasteiger partial charge in [0.1, 0.15) is 18.2 Å². The Morgan fingerprint density at radius 3 is 2.58 bits per heavy atom. The maximum Gasteiger partial charge on any atom is 0.325 e. The zero-order valence-corrected chi connectivity index (χ0v) is 22.6. The summed E-state index contributed by atoms with van der Waals surface area (Å²) in [5, 5.41) is 9.66. The highest BCUT2D eigenvalue weighted by Crippen LogP contribution is 2.36. The highest BCUT2D eigenvalue weighted by Gasteiger charge is 2.17. The van der Waals surface area contributed by atoms with E-state index >= 15 is 0 Å². The molecular formula is C30H33N5O5. The van der Waals surface area contributed by atoms with E-state index in [1.807, 2.05) is 30.3 Å². The summed E-state index contributed by atoms with van der Waals surface area (Å²) in [4.78, 5) is 29.5. The standard InChI is InChI=1S/C30H33N5O5/c1-31-30(37)35-14-10-23-17-27(26(19-25(23)35)39-16-15-38-2)40-24-9-13-33-28(18-24)34-29(36)22-5-3-20(4-6-22)21-7-11-32-12-8-21/h3-6,9-10,13-14,17-19,21,32H,7-8,11-12,15-16H2,1-2H3,(H,31,37)(H,33,34,36). The van der Waals surface area contributed by atoms with Gasteiger partial charge >= 0.3 is 6.03 Å². The maximum atomic E-state index is 12.9. The number of nitrogens with zero attached hydrogens (tertiary/aromatic N) is 2. The summed E-state index contributed by atoms with van der Waals surface area (Å²) >= 11 is 0. The first kappa shape index (κ1) is 27.2. The zero-order chi connectivity index (χ0) is 27.9. The van der Waals surface area contributed by atoms with Gasteiger partial charge < -0.3 is 30.2 Å². The first-order chi connectivity index (χ1) is 19.6. The number of hydrogen-bond acceptors (Lipinski definition) is 7. The number of carbonyl (C=O) groups excluding carboxylic acids is 2. The molecule has 10 nitrogen and oxygen atoms in total. The van der Waals surface area contributed by atoms with Crippen LogP contribution in [0.4, 0.5) is 10.6 Å². The molecule has 2 aromatic heterocycles. The van der Waals surface area contributed by atoms with Crippen LogP contribution in [-0.4, -0.2) is 62.0 Å². The molecule has 0 atom stereocenters. The van der Waals surface area contributed by atoms with Gasteiger partial charge in [-0.1, -0.05) is 12.1 Å². The fraction of sp³-hybridized carbons (Fsp3) is 0.300. The second-order valence-corrected chi connectivity index (χ2v) is 9.52. The number of nitrogens with one attached hydrogen (secondary N) is 3. The van der Waals surface area contributed by atoms with Gasteiger partial charge in [0.25, 0.3) is 5.91 Å². The topological polar surface area (TPSA) is 116 Å². The second kappa shape index (κ2) is 12.6. The van der Waals surface area contributed by atoms with Crippen LogP contribution in [0.1, 0.15) is 34.7 Å². The van der Waals surface area contributed by atoms with Crippen LogP contribution in [0.2, 0.25) is 0 Å². The van der Waals surface area contributed by atoms with Crippen molar-refractivity contribution in [3.05, 3.63) is 78.1 Å². The van der Waals surface area contributed by atoms with E-state index in [9.17, 15) is 9.59 Å². The van der Waals surface area contributed by atoms with E-state index in [-0.39, 0.29) is 11.9 Å². The van der Waals surface area contributed by atoms with Crippen molar-refractivity contribution in [3.63, 3.8) is 0 Å². The summed E-state index contributed by atoms with van der Waals surface area (Å²) in [6, 6.07) is 16.3. The molecule has 1 aliphatic heterocycles. The van der Waals surface area contributed by atoms with Crippen molar-refractivity contribution in [1.29, 1.82) is 0 Å². The lowest BCUT2D eigenvalue weighted by molar-refractivity contribution is 0.102. The molecule has 2 amide bonds. The SMILES string of the molecule is CNC(=O)n1ccc2cc(Oc3ccnc(NC(=O)c4ccc(C5CCNCC5)cc4)c3)c(OCCOC)cc21. The lowest BCUT2D eigenvalue weighted by atomic mass is 9.90. The number of ether oxygens (including phenoxy) is 3. The largest absolute Gasteiger partial charge is 0.487 e. The number of pyridine rings is 1. The highest BCUT2D eigenvalue weighted by molar-refractivity contribution is 6.03. The Kier molecular flexibility index (Phi) is 8.58. The average Bonchev–Trinajstić information content (AvgIpc) is 3.40. The Bertz CT molecular complexity index is 1480. The number of anilines is 1. The van der Waals surface area contributed by atoms with Crippen LogP contribution in [0.3, 0.4) is 0 Å². The van der Waals surface area contributed by atoms with Gasteiger partial charge in [0.05, 0.1) is 12.1 Å². The Labute approximate surface area is 232 Å². The third-order valence-electron chi connectivity index (χ3n) is 6.92. The average molecular weight is 544 g/mol. The van der Waals surface area contributed by atoms with Gasteiger partial charge in [-0.05, 0) is 67.7 Å². The number of benzene rings is 2. The van der Waals surface area contributed by atoms with Gasteiger partial charge in [0.2, 0.25) is 0 Å². The molecule has 0 saturated carbocycles. The van der Waals surface area contributed by atoms with E-state index in [0.717, 1.165) is 31.3 Å². The first-order valence-corrected chi connectivity index (χ1v) is 13.3. The molecule has 0 bridgehead atoms. The summed E-state index contributed by atoms with van der Waals surface area (Å²) in [5.74, 6) is 2.01. The molecule has 10 heteroatoms. The fourth-order valence-electron chi connectivity index (χ4n) is 4.79. The molecule has 1 fully saturated rings. The molecule has 1 saturated heterocycles. The lowest BCUT2D eigenvalue weighted by Crippen LogP contribution is -2.26. The van der Waals surface area contributed by atoms with E-state index in [1.54, 1.807) is 50.8 Å². The number of rotatable bonds is 9. The van der Waals surface area contributed by atoms with Crippen LogP contribution in [0.15, 0.2) is 67.0 Å². The number of carbonyl (C=O) groups is 2. The molecule has 0 unspecified atom stereocenters. The number of amides is 2. The molecule has 5 rings (SSSR count). The smallest absolute Gasteiger partial charge is 0.325 e. The third-order valence-corrected chi connectivity index (χ3v) is 6.92. The summed E-state index contributed by atoms with van der Waals surface area (Å²) in [6.45, 7) is 2.73. The molecule has 2 aromatic carbocycles. The van der Waals surface area contributed by atoms with Crippen LogP contribution >= 0.6 is 0 Å². The Hall–Kier alpha value is -4.41. The molecule has 0 aliphatic carbocycles. The first-order valence-electron chi connectivity index (χ1n) is 13.3. The lowest BCUT2D eigenvalue weighted by Gasteiger charge is -2.23. The molecule has 1 aliphatic rings. The number of fused-ring (bicyclic) bond motifs is 1. The highest BCUT2D eigenvalue weighted by atomic mass is 16.5. The number of aromatic nitrogens is 2. The van der Waals surface area contributed by atoms with Gasteiger partial charge in [-0.2, -0.15) is 0 Å². The maximum absolute atomic E-state index is 12.9. The van der Waals surface area contributed by atoms with Gasteiger partial charge in [-0.3, -0.25) is 9.36 Å². The van der Waals surface area contributed by atoms with Gasteiger partial charge in [-0.25, -0.2) is 9.78 Å². The zero-order valence-electron chi connectivity index (χ0n) is 22.6. The van der Waals surface area contributed by atoms with E-state index in [1.165, 1.54) is 10.1 Å². The van der Waals surface area contributed by atoms with Gasteiger partial charge in [-0.15, -0.1) is 0 Å². The van der Waals surface area contributed by atoms with Crippen molar-refractivity contribution < 1.29 is 23.8 Å². The van der Waals surface area contributed by atoms with Crippen molar-refractivity contribution in [3.8, 4) is 17.2 Å². The minimum absolute atomic E-state index is 0.248. The number of hydrogen-bond donors (Lipinski definition) is 3. The molecule has 3 heterocycles.